The summed E-state index contributed by atoms with van der Waals surface area (Å²) in [5.74, 6) is -1.53. The molecule has 0 saturated heterocycles. The lowest BCUT2D eigenvalue weighted by atomic mass is 10.2. The lowest BCUT2D eigenvalue weighted by Crippen LogP contribution is -2.06. The lowest BCUT2D eigenvalue weighted by molar-refractivity contribution is 0.0688. The number of rotatable bonds is 2. The molecule has 2 rings (SSSR count). The predicted molar refractivity (Wildman–Crippen MR) is 62.4 cm³/mol. The van der Waals surface area contributed by atoms with E-state index in [1.165, 1.54) is 29.0 Å². The summed E-state index contributed by atoms with van der Waals surface area (Å²) >= 11 is 5.76. The number of hydrogen-bond acceptors (Lipinski definition) is 1. The average Bonchev–Trinajstić information content (AvgIpc) is 2.59. The molecule has 0 saturated carbocycles. The minimum atomic E-state index is -1.11. The molecular weight excluding hydrogens is 245 g/mol. The first-order valence-corrected chi connectivity index (χ1v) is 5.24. The van der Waals surface area contributed by atoms with Crippen LogP contribution in [0, 0.1) is 12.7 Å². The third-order valence-corrected chi connectivity index (χ3v) is 2.52. The Balaban J connectivity index is 2.63. The van der Waals surface area contributed by atoms with Crippen LogP contribution in [0.3, 0.4) is 0 Å². The SMILES string of the molecule is Cc1cc(F)cc(-n2cc(Cl)cc2C(=O)O)c1. The molecule has 88 valence electrons. The summed E-state index contributed by atoms with van der Waals surface area (Å²) in [7, 11) is 0. The zero-order valence-corrected chi connectivity index (χ0v) is 9.70. The minimum Gasteiger partial charge on any atom is -0.477 e. The van der Waals surface area contributed by atoms with Gasteiger partial charge in [-0.05, 0) is 36.8 Å². The number of carboxylic acids is 1. The van der Waals surface area contributed by atoms with Crippen molar-refractivity contribution in [3.63, 3.8) is 0 Å². The molecule has 0 amide bonds. The smallest absolute Gasteiger partial charge is 0.352 e. The van der Waals surface area contributed by atoms with Crippen molar-refractivity contribution in [1.82, 2.24) is 4.57 Å². The van der Waals surface area contributed by atoms with Gasteiger partial charge in [0, 0.05) is 11.9 Å². The molecule has 0 unspecified atom stereocenters. The van der Waals surface area contributed by atoms with E-state index in [9.17, 15) is 9.18 Å². The lowest BCUT2D eigenvalue weighted by Gasteiger charge is -2.07. The summed E-state index contributed by atoms with van der Waals surface area (Å²) in [6.45, 7) is 1.73. The molecule has 1 aromatic heterocycles. The van der Waals surface area contributed by atoms with E-state index < -0.39 is 11.8 Å². The van der Waals surface area contributed by atoms with Crippen molar-refractivity contribution >= 4 is 17.6 Å². The van der Waals surface area contributed by atoms with Crippen LogP contribution >= 0.6 is 11.6 Å². The molecule has 2 aromatic rings. The van der Waals surface area contributed by atoms with Gasteiger partial charge in [0.25, 0.3) is 0 Å². The second kappa shape index (κ2) is 4.22. The summed E-state index contributed by atoms with van der Waals surface area (Å²) < 4.78 is 14.6. The fourth-order valence-electron chi connectivity index (χ4n) is 1.66. The molecule has 0 atom stereocenters. The summed E-state index contributed by atoms with van der Waals surface area (Å²) in [6.07, 6.45) is 1.44. The van der Waals surface area contributed by atoms with Crippen LogP contribution in [0.25, 0.3) is 5.69 Å². The number of aryl methyl sites for hydroxylation is 1. The molecule has 0 aliphatic carbocycles. The van der Waals surface area contributed by atoms with Crippen LogP contribution in [0.1, 0.15) is 16.1 Å². The van der Waals surface area contributed by atoms with Gasteiger partial charge < -0.3 is 9.67 Å². The summed E-state index contributed by atoms with van der Waals surface area (Å²) in [4.78, 5) is 11.0. The van der Waals surface area contributed by atoms with Crippen molar-refractivity contribution < 1.29 is 14.3 Å². The summed E-state index contributed by atoms with van der Waals surface area (Å²) in [6, 6.07) is 5.64. The normalized spacial score (nSPS) is 10.5. The van der Waals surface area contributed by atoms with E-state index in [4.69, 9.17) is 16.7 Å². The minimum absolute atomic E-state index is 0.000000000000000444. The molecule has 0 aliphatic heterocycles. The van der Waals surface area contributed by atoms with Crippen molar-refractivity contribution in [3.8, 4) is 5.69 Å². The van der Waals surface area contributed by atoms with E-state index in [-0.39, 0.29) is 5.69 Å². The number of hydrogen-bond donors (Lipinski definition) is 1. The molecule has 0 aliphatic rings. The number of carbonyl (C=O) groups is 1. The van der Waals surface area contributed by atoms with Gasteiger partial charge in [-0.1, -0.05) is 11.6 Å². The van der Waals surface area contributed by atoms with Crippen LogP contribution in [0.5, 0.6) is 0 Å². The third-order valence-electron chi connectivity index (χ3n) is 2.31. The van der Waals surface area contributed by atoms with Crippen molar-refractivity contribution in [3.05, 3.63) is 52.6 Å². The molecule has 0 bridgehead atoms. The van der Waals surface area contributed by atoms with Gasteiger partial charge >= 0.3 is 5.97 Å². The maximum Gasteiger partial charge on any atom is 0.352 e. The van der Waals surface area contributed by atoms with Gasteiger partial charge in [-0.15, -0.1) is 0 Å². The van der Waals surface area contributed by atoms with E-state index in [1.54, 1.807) is 13.0 Å². The Labute approximate surface area is 102 Å². The first kappa shape index (κ1) is 11.7. The molecule has 0 fully saturated rings. The Morgan fingerprint density at radius 1 is 1.35 bits per heavy atom. The van der Waals surface area contributed by atoms with Crippen LogP contribution in [-0.4, -0.2) is 15.6 Å². The van der Waals surface area contributed by atoms with E-state index in [2.05, 4.69) is 0 Å². The Bertz CT molecular complexity index is 572. The highest BCUT2D eigenvalue weighted by molar-refractivity contribution is 6.31. The Morgan fingerprint density at radius 2 is 2.06 bits per heavy atom. The van der Waals surface area contributed by atoms with Gasteiger partial charge in [-0.3, -0.25) is 0 Å². The maximum absolute atomic E-state index is 13.3. The number of nitrogens with zero attached hydrogens (tertiary/aromatic N) is 1. The highest BCUT2D eigenvalue weighted by atomic mass is 35.5. The first-order chi connectivity index (χ1) is 7.97. The van der Waals surface area contributed by atoms with E-state index in [0.717, 1.165) is 0 Å². The number of carboxylic acid groups (broad SMARTS) is 1. The standard InChI is InChI=1S/C12H9ClFNO2/c1-7-2-9(14)5-10(3-7)15-6-8(13)4-11(15)12(16)17/h2-6H,1H3,(H,16,17). The molecule has 0 spiro atoms. The number of halogens is 2. The molecule has 17 heavy (non-hydrogen) atoms. The van der Waals surface area contributed by atoms with Crippen molar-refractivity contribution in [2.24, 2.45) is 0 Å². The zero-order chi connectivity index (χ0) is 12.6. The van der Waals surface area contributed by atoms with Crippen molar-refractivity contribution in [2.45, 2.75) is 6.92 Å². The molecule has 1 N–H and O–H groups in total. The van der Waals surface area contributed by atoms with Gasteiger partial charge in [0.2, 0.25) is 0 Å². The molecule has 1 aromatic carbocycles. The molecule has 5 heteroatoms. The molecule has 1 heterocycles. The van der Waals surface area contributed by atoms with Crippen LogP contribution in [0.4, 0.5) is 4.39 Å². The van der Waals surface area contributed by atoms with E-state index in [0.29, 0.717) is 16.3 Å². The largest absolute Gasteiger partial charge is 0.477 e. The fraction of sp³-hybridized carbons (Fsp3) is 0.0833. The summed E-state index contributed by atoms with van der Waals surface area (Å²) in [5, 5.41) is 9.30. The van der Waals surface area contributed by atoms with Gasteiger partial charge in [0.05, 0.1) is 5.02 Å². The van der Waals surface area contributed by atoms with Gasteiger partial charge in [-0.25, -0.2) is 9.18 Å². The van der Waals surface area contributed by atoms with Crippen LogP contribution in [-0.2, 0) is 0 Å². The van der Waals surface area contributed by atoms with Crippen molar-refractivity contribution in [1.29, 1.82) is 0 Å². The average molecular weight is 254 g/mol. The van der Waals surface area contributed by atoms with Crippen molar-refractivity contribution in [2.75, 3.05) is 0 Å². The van der Waals surface area contributed by atoms with Gasteiger partial charge in [-0.2, -0.15) is 0 Å². The fourth-order valence-corrected chi connectivity index (χ4v) is 1.87. The number of aromatic carboxylic acids is 1. The topological polar surface area (TPSA) is 42.2 Å². The predicted octanol–water partition coefficient (Wildman–Crippen LogP) is 3.28. The summed E-state index contributed by atoms with van der Waals surface area (Å²) in [5.41, 5.74) is 1.15. The number of aromatic nitrogens is 1. The van der Waals surface area contributed by atoms with Crippen LogP contribution in [0.15, 0.2) is 30.5 Å². The van der Waals surface area contributed by atoms with Gasteiger partial charge in [0.1, 0.15) is 11.5 Å². The van der Waals surface area contributed by atoms with Crippen LogP contribution < -0.4 is 0 Å². The highest BCUT2D eigenvalue weighted by Crippen LogP contribution is 2.21. The highest BCUT2D eigenvalue weighted by Gasteiger charge is 2.13. The maximum atomic E-state index is 13.3. The van der Waals surface area contributed by atoms with Crippen LogP contribution in [0.2, 0.25) is 5.02 Å². The Kier molecular flexibility index (Phi) is 2.90. The molecule has 3 nitrogen and oxygen atoms in total. The second-order valence-corrected chi connectivity index (χ2v) is 4.14. The Morgan fingerprint density at radius 3 is 2.65 bits per heavy atom. The van der Waals surface area contributed by atoms with E-state index >= 15 is 0 Å². The first-order valence-electron chi connectivity index (χ1n) is 4.86. The van der Waals surface area contributed by atoms with Gasteiger partial charge in [0.15, 0.2) is 0 Å². The zero-order valence-electron chi connectivity index (χ0n) is 8.95. The molecule has 0 radical (unpaired) electrons. The molecular formula is C12H9ClFNO2. The monoisotopic (exact) mass is 253 g/mol. The third kappa shape index (κ3) is 2.31. The Hall–Kier alpha value is -1.81. The number of benzene rings is 1. The second-order valence-electron chi connectivity index (χ2n) is 3.71. The quantitative estimate of drug-likeness (QED) is 0.892. The van der Waals surface area contributed by atoms with E-state index in [1.807, 2.05) is 0 Å².